The summed E-state index contributed by atoms with van der Waals surface area (Å²) in [5.74, 6) is 0. The first-order valence-corrected chi connectivity index (χ1v) is 5.11. The summed E-state index contributed by atoms with van der Waals surface area (Å²) >= 11 is 0. The number of rotatable bonds is 1. The fraction of sp³-hybridized carbons (Fsp3) is 0.125. The van der Waals surface area contributed by atoms with Crippen LogP contribution in [0.3, 0.4) is 0 Å². The zero-order chi connectivity index (χ0) is 9.19. The average molecular weight is 183 g/mol. The summed E-state index contributed by atoms with van der Waals surface area (Å²) in [4.78, 5) is 11.1. The Kier molecular flexibility index (Phi) is 2.28. The van der Waals surface area contributed by atoms with Crippen molar-refractivity contribution in [3.05, 3.63) is 35.9 Å². The summed E-state index contributed by atoms with van der Waals surface area (Å²) in [5.41, 5.74) is 0.177. The molecule has 0 atom stereocenters. The molecule has 1 aromatic carbocycles. The number of carbonyl (C=O) groups is 1. The largest absolute Gasteiger partial charge is 0.276 e. The van der Waals surface area contributed by atoms with E-state index in [2.05, 4.69) is 6.07 Å². The van der Waals surface area contributed by atoms with Gasteiger partial charge in [-0.05, 0) is 18.2 Å². The Labute approximate surface area is 70.9 Å². The SMILES string of the molecule is CS(=O)(=O)C(=O)c1cc[c]cc1. The molecule has 0 saturated carbocycles. The normalized spacial score (nSPS) is 11.1. The van der Waals surface area contributed by atoms with Crippen molar-refractivity contribution in [3.63, 3.8) is 0 Å². The molecule has 0 heterocycles. The first-order valence-electron chi connectivity index (χ1n) is 3.22. The molecule has 12 heavy (non-hydrogen) atoms. The van der Waals surface area contributed by atoms with Gasteiger partial charge in [-0.15, -0.1) is 0 Å². The van der Waals surface area contributed by atoms with Crippen LogP contribution in [0, 0.1) is 6.07 Å². The van der Waals surface area contributed by atoms with E-state index >= 15 is 0 Å². The van der Waals surface area contributed by atoms with E-state index in [0.717, 1.165) is 6.26 Å². The minimum Gasteiger partial charge on any atom is -0.276 e. The molecule has 0 saturated heterocycles. The smallest absolute Gasteiger partial charge is 0.276 e. The van der Waals surface area contributed by atoms with Crippen molar-refractivity contribution in [1.29, 1.82) is 0 Å². The highest BCUT2D eigenvalue weighted by molar-refractivity contribution is 8.06. The van der Waals surface area contributed by atoms with Gasteiger partial charge in [-0.25, -0.2) is 8.42 Å². The van der Waals surface area contributed by atoms with Crippen molar-refractivity contribution in [3.8, 4) is 0 Å². The highest BCUT2D eigenvalue weighted by atomic mass is 32.2. The van der Waals surface area contributed by atoms with E-state index in [0.29, 0.717) is 0 Å². The van der Waals surface area contributed by atoms with Crippen molar-refractivity contribution in [2.75, 3.05) is 6.26 Å². The van der Waals surface area contributed by atoms with Crippen LogP contribution in [0.25, 0.3) is 0 Å². The van der Waals surface area contributed by atoms with Gasteiger partial charge in [0.1, 0.15) is 0 Å². The molecular weight excluding hydrogens is 176 g/mol. The van der Waals surface area contributed by atoms with Gasteiger partial charge >= 0.3 is 0 Å². The van der Waals surface area contributed by atoms with Crippen molar-refractivity contribution in [2.45, 2.75) is 0 Å². The lowest BCUT2D eigenvalue weighted by Gasteiger charge is -1.95. The molecule has 1 rings (SSSR count). The van der Waals surface area contributed by atoms with Crippen LogP contribution in [0.1, 0.15) is 10.4 Å². The molecule has 1 aromatic rings. The van der Waals surface area contributed by atoms with Crippen molar-refractivity contribution in [1.82, 2.24) is 0 Å². The second-order valence-electron chi connectivity index (χ2n) is 2.35. The molecule has 0 unspecified atom stereocenters. The van der Waals surface area contributed by atoms with Crippen LogP contribution < -0.4 is 0 Å². The third-order valence-corrected chi connectivity index (χ3v) is 2.20. The summed E-state index contributed by atoms with van der Waals surface area (Å²) < 4.78 is 21.5. The van der Waals surface area contributed by atoms with Gasteiger partial charge in [0.05, 0.1) is 0 Å². The Morgan fingerprint density at radius 3 is 2.25 bits per heavy atom. The molecule has 3 nitrogen and oxygen atoms in total. The summed E-state index contributed by atoms with van der Waals surface area (Å²) in [6, 6.07) is 8.53. The zero-order valence-corrected chi connectivity index (χ0v) is 7.26. The Morgan fingerprint density at radius 1 is 1.33 bits per heavy atom. The predicted octanol–water partition coefficient (Wildman–Crippen LogP) is 0.672. The first-order chi connectivity index (χ1) is 5.52. The number of carbonyl (C=O) groups excluding carboxylic acids is 1. The molecule has 0 aliphatic carbocycles. The zero-order valence-electron chi connectivity index (χ0n) is 6.44. The van der Waals surface area contributed by atoms with E-state index in [1.807, 2.05) is 0 Å². The fourth-order valence-electron chi connectivity index (χ4n) is 0.737. The Hall–Kier alpha value is -1.16. The van der Waals surface area contributed by atoms with E-state index < -0.39 is 15.0 Å². The maximum Gasteiger partial charge on any atom is 0.276 e. The van der Waals surface area contributed by atoms with Gasteiger partial charge in [0.2, 0.25) is 9.84 Å². The van der Waals surface area contributed by atoms with Crippen molar-refractivity contribution in [2.24, 2.45) is 0 Å². The summed E-state index contributed by atoms with van der Waals surface area (Å²) in [6.45, 7) is 0. The van der Waals surface area contributed by atoms with E-state index in [1.165, 1.54) is 24.3 Å². The Bertz CT molecular complexity index is 378. The van der Waals surface area contributed by atoms with Gasteiger partial charge in [0.25, 0.3) is 5.12 Å². The van der Waals surface area contributed by atoms with Gasteiger partial charge in [-0.1, -0.05) is 12.1 Å². The lowest BCUT2D eigenvalue weighted by Crippen LogP contribution is -2.12. The fourth-order valence-corrected chi connectivity index (χ4v) is 1.30. The molecule has 0 aliphatic rings. The van der Waals surface area contributed by atoms with Gasteiger partial charge in [0, 0.05) is 11.8 Å². The highest BCUT2D eigenvalue weighted by Gasteiger charge is 2.16. The van der Waals surface area contributed by atoms with Gasteiger partial charge in [-0.2, -0.15) is 0 Å². The molecular formula is C8H7O3S. The summed E-state index contributed by atoms with van der Waals surface area (Å²) in [7, 11) is -3.61. The van der Waals surface area contributed by atoms with Crippen LogP contribution in [0.15, 0.2) is 24.3 Å². The minimum atomic E-state index is -3.61. The topological polar surface area (TPSA) is 51.2 Å². The predicted molar refractivity (Wildman–Crippen MR) is 44.5 cm³/mol. The van der Waals surface area contributed by atoms with Gasteiger partial charge in [-0.3, -0.25) is 4.79 Å². The van der Waals surface area contributed by atoms with Crippen LogP contribution >= 0.6 is 0 Å². The first kappa shape index (κ1) is 8.93. The van der Waals surface area contributed by atoms with Crippen LogP contribution in [0.4, 0.5) is 0 Å². The number of hydrogen-bond donors (Lipinski definition) is 0. The van der Waals surface area contributed by atoms with Gasteiger partial charge < -0.3 is 0 Å². The third kappa shape index (κ3) is 1.92. The van der Waals surface area contributed by atoms with E-state index in [1.54, 1.807) is 0 Å². The van der Waals surface area contributed by atoms with E-state index in [9.17, 15) is 13.2 Å². The highest BCUT2D eigenvalue weighted by Crippen LogP contribution is 2.03. The van der Waals surface area contributed by atoms with E-state index in [-0.39, 0.29) is 5.56 Å². The maximum atomic E-state index is 11.1. The second kappa shape index (κ2) is 3.06. The van der Waals surface area contributed by atoms with E-state index in [4.69, 9.17) is 0 Å². The number of sulfone groups is 1. The second-order valence-corrected chi connectivity index (χ2v) is 4.26. The molecule has 63 valence electrons. The molecule has 0 N–H and O–H groups in total. The lowest BCUT2D eigenvalue weighted by atomic mass is 10.2. The Morgan fingerprint density at radius 2 is 1.83 bits per heavy atom. The lowest BCUT2D eigenvalue weighted by molar-refractivity contribution is 0.107. The van der Waals surface area contributed by atoms with Crippen LogP contribution in [-0.4, -0.2) is 19.8 Å². The van der Waals surface area contributed by atoms with Crippen molar-refractivity contribution < 1.29 is 13.2 Å². The van der Waals surface area contributed by atoms with Crippen LogP contribution in [0.2, 0.25) is 0 Å². The standard InChI is InChI=1S/C8H7O3S/c1-12(10,11)8(9)7-5-3-2-4-6-7/h3-6H,1H3. The molecule has 0 fully saturated rings. The van der Waals surface area contributed by atoms with Crippen LogP contribution in [-0.2, 0) is 9.84 Å². The molecule has 4 heteroatoms. The maximum absolute atomic E-state index is 11.1. The molecule has 0 bridgehead atoms. The third-order valence-electron chi connectivity index (χ3n) is 1.29. The molecule has 0 aliphatic heterocycles. The Balaban J connectivity index is 3.11. The molecule has 0 aromatic heterocycles. The van der Waals surface area contributed by atoms with Crippen molar-refractivity contribution >= 4 is 15.0 Å². The number of hydrogen-bond acceptors (Lipinski definition) is 3. The van der Waals surface area contributed by atoms with Crippen LogP contribution in [0.5, 0.6) is 0 Å². The summed E-state index contributed by atoms with van der Waals surface area (Å²) in [5, 5.41) is -0.850. The minimum absolute atomic E-state index is 0.177. The summed E-state index contributed by atoms with van der Waals surface area (Å²) in [6.07, 6.45) is 0.895. The molecule has 0 spiro atoms. The quantitative estimate of drug-likeness (QED) is 0.643. The van der Waals surface area contributed by atoms with Gasteiger partial charge in [0.15, 0.2) is 0 Å². The molecule has 1 radical (unpaired) electrons. The monoisotopic (exact) mass is 183 g/mol. The molecule has 0 amide bonds. The number of benzene rings is 1. The average Bonchev–Trinajstić information content (AvgIpc) is 2.03.